The van der Waals surface area contributed by atoms with Crippen LogP contribution < -0.4 is 0 Å². The van der Waals surface area contributed by atoms with Gasteiger partial charge in [0.15, 0.2) is 0 Å². The van der Waals surface area contributed by atoms with Crippen molar-refractivity contribution >= 4 is 65.2 Å². The van der Waals surface area contributed by atoms with E-state index in [0.29, 0.717) is 0 Å². The van der Waals surface area contributed by atoms with Crippen molar-refractivity contribution in [3.8, 4) is 22.3 Å². The van der Waals surface area contributed by atoms with Crippen LogP contribution in [0.25, 0.3) is 87.5 Å². The van der Waals surface area contributed by atoms with Gasteiger partial charge in [-0.1, -0.05) is 91.0 Å². The van der Waals surface area contributed by atoms with E-state index in [1.54, 1.807) is 6.26 Å². The molecule has 7 aromatic carbocycles. The van der Waals surface area contributed by atoms with Crippen molar-refractivity contribution in [3.05, 3.63) is 134 Å². The molecule has 0 aliphatic heterocycles. The number of fused-ring (bicyclic) bond motifs is 7. The predicted molar refractivity (Wildman–Crippen MR) is 167 cm³/mol. The van der Waals surface area contributed by atoms with Crippen LogP contribution >= 0.6 is 0 Å². The quantitative estimate of drug-likeness (QED) is 0.216. The minimum absolute atomic E-state index is 0.912. The minimum atomic E-state index is 0.912. The summed E-state index contributed by atoms with van der Waals surface area (Å²) in [5, 5.41) is 10.7. The Bertz CT molecular complexity index is 2380. The maximum absolute atomic E-state index is 6.29. The molecule has 0 radical (unpaired) electrons. The lowest BCUT2D eigenvalue weighted by molar-refractivity contribution is 0.616. The molecule has 0 aliphatic rings. The van der Waals surface area contributed by atoms with Crippen molar-refractivity contribution in [2.24, 2.45) is 0 Å². The molecular weight excluding hydrogens is 488 g/mol. The van der Waals surface area contributed by atoms with Gasteiger partial charge in [0, 0.05) is 16.2 Å². The Balaban J connectivity index is 1.42. The van der Waals surface area contributed by atoms with Crippen LogP contribution in [-0.2, 0) is 0 Å². The Morgan fingerprint density at radius 1 is 0.400 bits per heavy atom. The van der Waals surface area contributed by atoms with Crippen LogP contribution in [0.3, 0.4) is 0 Å². The number of hydrogen-bond acceptors (Lipinski definition) is 2. The fourth-order valence-corrected chi connectivity index (χ4v) is 6.58. The van der Waals surface area contributed by atoms with Crippen molar-refractivity contribution in [3.63, 3.8) is 0 Å². The van der Waals surface area contributed by atoms with Crippen LogP contribution in [0.15, 0.2) is 142 Å². The molecule has 40 heavy (non-hydrogen) atoms. The van der Waals surface area contributed by atoms with Crippen molar-refractivity contribution in [1.29, 1.82) is 0 Å². The monoisotopic (exact) mass is 510 g/mol. The molecule has 186 valence electrons. The van der Waals surface area contributed by atoms with E-state index in [0.717, 1.165) is 32.9 Å². The van der Waals surface area contributed by atoms with Gasteiger partial charge in [-0.05, 0) is 91.0 Å². The lowest BCUT2D eigenvalue weighted by atomic mass is 9.84. The van der Waals surface area contributed by atoms with Gasteiger partial charge in [0.1, 0.15) is 16.7 Å². The standard InChI is InChI=1S/C38H22O2/c1-3-10-29-27(8-1)36(25-17-16-23-20-24-18-19-39-35(24)22-26(23)21-25)28-9-2-4-11-30(28)37(29)32-13-7-15-34-38(32)31-12-5-6-14-33(31)40-34/h1-22H. The van der Waals surface area contributed by atoms with Crippen molar-refractivity contribution in [2.45, 2.75) is 0 Å². The minimum Gasteiger partial charge on any atom is -0.464 e. The van der Waals surface area contributed by atoms with Crippen molar-refractivity contribution in [2.75, 3.05) is 0 Å². The van der Waals surface area contributed by atoms with Gasteiger partial charge in [-0.3, -0.25) is 0 Å². The molecule has 2 heteroatoms. The molecule has 0 aliphatic carbocycles. The Hall–Kier alpha value is -5.34. The van der Waals surface area contributed by atoms with Gasteiger partial charge >= 0.3 is 0 Å². The van der Waals surface area contributed by atoms with E-state index in [4.69, 9.17) is 8.83 Å². The Morgan fingerprint density at radius 2 is 1.07 bits per heavy atom. The van der Waals surface area contributed by atoms with Gasteiger partial charge in [0.05, 0.1) is 6.26 Å². The zero-order valence-electron chi connectivity index (χ0n) is 21.5. The summed E-state index contributed by atoms with van der Waals surface area (Å²) in [6.45, 7) is 0. The van der Waals surface area contributed by atoms with Crippen molar-refractivity contribution < 1.29 is 8.83 Å². The summed E-state index contributed by atoms with van der Waals surface area (Å²) in [6, 6.07) is 45.5. The second-order valence-electron chi connectivity index (χ2n) is 10.5. The third kappa shape index (κ3) is 2.99. The molecule has 0 unspecified atom stereocenters. The van der Waals surface area contributed by atoms with Crippen LogP contribution in [0.5, 0.6) is 0 Å². The number of benzene rings is 7. The van der Waals surface area contributed by atoms with E-state index < -0.39 is 0 Å². The van der Waals surface area contributed by atoms with Gasteiger partial charge in [-0.2, -0.15) is 0 Å². The van der Waals surface area contributed by atoms with E-state index in [1.807, 2.05) is 12.1 Å². The van der Waals surface area contributed by atoms with Gasteiger partial charge in [0.25, 0.3) is 0 Å². The fourth-order valence-electron chi connectivity index (χ4n) is 6.58. The maximum Gasteiger partial charge on any atom is 0.136 e. The highest BCUT2D eigenvalue weighted by molar-refractivity contribution is 6.25. The first-order valence-corrected chi connectivity index (χ1v) is 13.6. The van der Waals surface area contributed by atoms with Crippen LogP contribution in [0.1, 0.15) is 0 Å². The molecule has 0 atom stereocenters. The second kappa shape index (κ2) is 8.08. The van der Waals surface area contributed by atoms with Gasteiger partial charge in [-0.25, -0.2) is 0 Å². The number of rotatable bonds is 2. The summed E-state index contributed by atoms with van der Waals surface area (Å²) in [7, 11) is 0. The Morgan fingerprint density at radius 3 is 1.85 bits per heavy atom. The summed E-state index contributed by atoms with van der Waals surface area (Å²) >= 11 is 0. The molecule has 0 bridgehead atoms. The molecule has 0 saturated heterocycles. The molecular formula is C38H22O2. The predicted octanol–water partition coefficient (Wildman–Crippen LogP) is 11.1. The summed E-state index contributed by atoms with van der Waals surface area (Å²) < 4.78 is 12.0. The Labute approximate surface area is 229 Å². The molecule has 0 amide bonds. The van der Waals surface area contributed by atoms with Crippen LogP contribution in [0.4, 0.5) is 0 Å². The van der Waals surface area contributed by atoms with E-state index in [-0.39, 0.29) is 0 Å². The van der Waals surface area contributed by atoms with E-state index >= 15 is 0 Å². The molecule has 2 nitrogen and oxygen atoms in total. The molecule has 9 rings (SSSR count). The zero-order valence-corrected chi connectivity index (χ0v) is 21.5. The highest BCUT2D eigenvalue weighted by atomic mass is 16.3. The fraction of sp³-hybridized carbons (Fsp3) is 0. The third-order valence-corrected chi connectivity index (χ3v) is 8.30. The number of furan rings is 2. The van der Waals surface area contributed by atoms with Gasteiger partial charge in [0.2, 0.25) is 0 Å². The molecule has 2 aromatic heterocycles. The first-order chi connectivity index (χ1) is 19.8. The largest absolute Gasteiger partial charge is 0.464 e. The van der Waals surface area contributed by atoms with Gasteiger partial charge < -0.3 is 8.83 Å². The van der Waals surface area contributed by atoms with E-state index in [2.05, 4.69) is 115 Å². The normalized spacial score (nSPS) is 12.0. The molecule has 0 saturated carbocycles. The zero-order chi connectivity index (χ0) is 26.2. The summed E-state index contributed by atoms with van der Waals surface area (Å²) in [5.74, 6) is 0. The average Bonchev–Trinajstić information content (AvgIpc) is 3.62. The summed E-state index contributed by atoms with van der Waals surface area (Å²) in [6.07, 6.45) is 1.76. The second-order valence-corrected chi connectivity index (χ2v) is 10.5. The summed E-state index contributed by atoms with van der Waals surface area (Å²) in [4.78, 5) is 0. The lowest BCUT2D eigenvalue weighted by Gasteiger charge is -2.18. The number of hydrogen-bond donors (Lipinski definition) is 0. The van der Waals surface area contributed by atoms with Crippen LogP contribution in [-0.4, -0.2) is 0 Å². The highest BCUT2D eigenvalue weighted by Gasteiger charge is 2.20. The number of para-hydroxylation sites is 1. The molecule has 9 aromatic rings. The highest BCUT2D eigenvalue weighted by Crippen LogP contribution is 2.47. The Kier molecular flexibility index (Phi) is 4.36. The first kappa shape index (κ1) is 21.6. The van der Waals surface area contributed by atoms with E-state index in [1.165, 1.54) is 54.6 Å². The summed E-state index contributed by atoms with van der Waals surface area (Å²) in [5.41, 5.74) is 7.62. The topological polar surface area (TPSA) is 26.3 Å². The molecule has 0 fully saturated rings. The van der Waals surface area contributed by atoms with Gasteiger partial charge in [-0.15, -0.1) is 0 Å². The smallest absolute Gasteiger partial charge is 0.136 e. The molecule has 0 spiro atoms. The van der Waals surface area contributed by atoms with Crippen LogP contribution in [0.2, 0.25) is 0 Å². The molecule has 0 N–H and O–H groups in total. The van der Waals surface area contributed by atoms with Crippen LogP contribution in [0, 0.1) is 0 Å². The third-order valence-electron chi connectivity index (χ3n) is 8.30. The first-order valence-electron chi connectivity index (χ1n) is 13.6. The molecule has 2 heterocycles. The van der Waals surface area contributed by atoms with Crippen molar-refractivity contribution in [1.82, 2.24) is 0 Å². The average molecular weight is 511 g/mol. The maximum atomic E-state index is 6.29. The van der Waals surface area contributed by atoms with E-state index in [9.17, 15) is 0 Å². The SMILES string of the molecule is c1ccc2c(c1)oc1cccc(-c3c4ccccc4c(-c4ccc5cc6ccoc6cc5c4)c4ccccc34)c12. The lowest BCUT2D eigenvalue weighted by Crippen LogP contribution is -1.91.